The van der Waals surface area contributed by atoms with E-state index in [0.717, 1.165) is 12.0 Å². The van der Waals surface area contributed by atoms with Gasteiger partial charge in [-0.2, -0.15) is 0 Å². The fourth-order valence-corrected chi connectivity index (χ4v) is 2.44. The standard InChI is InChI=1S/C17H14O5/c1-10-13(17(19)20)6-7-14(18)16(10)22-12-5-4-11-3-2-8-21-15(11)9-12/h2,4-6,8-9H,3,7H2,1H3,(H,19,20). The van der Waals surface area contributed by atoms with Gasteiger partial charge in [-0.3, -0.25) is 4.79 Å². The molecule has 0 bridgehead atoms. The van der Waals surface area contributed by atoms with Crippen molar-refractivity contribution in [2.45, 2.75) is 19.8 Å². The topological polar surface area (TPSA) is 72.8 Å². The van der Waals surface area contributed by atoms with E-state index in [0.29, 0.717) is 17.1 Å². The van der Waals surface area contributed by atoms with E-state index >= 15 is 0 Å². The molecule has 2 aliphatic rings. The normalized spacial score (nSPS) is 16.8. The van der Waals surface area contributed by atoms with Crippen LogP contribution in [0.4, 0.5) is 0 Å². The van der Waals surface area contributed by atoms with Gasteiger partial charge in [0.15, 0.2) is 5.76 Å². The predicted octanol–water partition coefficient (Wildman–Crippen LogP) is 2.77. The maximum Gasteiger partial charge on any atom is 0.335 e. The zero-order valence-electron chi connectivity index (χ0n) is 12.0. The number of hydrogen-bond acceptors (Lipinski definition) is 4. The maximum absolute atomic E-state index is 12.0. The molecule has 0 radical (unpaired) electrons. The van der Waals surface area contributed by atoms with E-state index < -0.39 is 5.97 Å². The molecule has 0 saturated carbocycles. The van der Waals surface area contributed by atoms with E-state index in [-0.39, 0.29) is 23.5 Å². The van der Waals surface area contributed by atoms with Crippen molar-refractivity contribution in [2.24, 2.45) is 0 Å². The van der Waals surface area contributed by atoms with Crippen LogP contribution in [0.15, 0.2) is 53.5 Å². The molecule has 1 aliphatic carbocycles. The summed E-state index contributed by atoms with van der Waals surface area (Å²) in [6, 6.07) is 5.31. The van der Waals surface area contributed by atoms with Gasteiger partial charge in [0.05, 0.1) is 11.8 Å². The highest BCUT2D eigenvalue weighted by Crippen LogP contribution is 2.31. The van der Waals surface area contributed by atoms with Crippen LogP contribution in [0, 0.1) is 0 Å². The fourth-order valence-electron chi connectivity index (χ4n) is 2.44. The van der Waals surface area contributed by atoms with Crippen LogP contribution in [0.1, 0.15) is 18.9 Å². The summed E-state index contributed by atoms with van der Waals surface area (Å²) < 4.78 is 11.0. The number of carboxylic acid groups (broad SMARTS) is 1. The number of allylic oxidation sites excluding steroid dienone is 3. The third kappa shape index (κ3) is 2.53. The minimum absolute atomic E-state index is 0.0263. The number of Topliss-reactive ketones (excluding diaryl/α,β-unsaturated/α-hetero) is 1. The summed E-state index contributed by atoms with van der Waals surface area (Å²) in [5.74, 6) is -0.101. The molecule has 5 nitrogen and oxygen atoms in total. The largest absolute Gasteiger partial charge is 0.478 e. The molecular formula is C17H14O5. The monoisotopic (exact) mass is 298 g/mol. The Bertz CT molecular complexity index is 752. The van der Waals surface area contributed by atoms with Crippen molar-refractivity contribution in [3.63, 3.8) is 0 Å². The molecule has 0 amide bonds. The van der Waals surface area contributed by atoms with E-state index in [1.165, 1.54) is 6.08 Å². The first-order chi connectivity index (χ1) is 10.6. The van der Waals surface area contributed by atoms with Gasteiger partial charge in [-0.25, -0.2) is 4.79 Å². The summed E-state index contributed by atoms with van der Waals surface area (Å²) in [5.41, 5.74) is 1.47. The van der Waals surface area contributed by atoms with Gasteiger partial charge in [0.1, 0.15) is 11.5 Å². The summed E-state index contributed by atoms with van der Waals surface area (Å²) in [5, 5.41) is 9.14. The van der Waals surface area contributed by atoms with Crippen molar-refractivity contribution in [3.8, 4) is 11.5 Å². The number of benzene rings is 1. The Kier molecular flexibility index (Phi) is 3.55. The van der Waals surface area contributed by atoms with Crippen LogP contribution in [-0.4, -0.2) is 16.9 Å². The molecule has 1 N–H and O–H groups in total. The number of ketones is 1. The van der Waals surface area contributed by atoms with Gasteiger partial charge >= 0.3 is 5.97 Å². The van der Waals surface area contributed by atoms with E-state index in [1.807, 2.05) is 12.1 Å². The van der Waals surface area contributed by atoms with Crippen molar-refractivity contribution < 1.29 is 24.2 Å². The van der Waals surface area contributed by atoms with Crippen LogP contribution in [0.5, 0.6) is 11.5 Å². The number of hydrogen-bond donors (Lipinski definition) is 1. The first kappa shape index (κ1) is 14.1. The van der Waals surface area contributed by atoms with Crippen molar-refractivity contribution in [3.05, 3.63) is 59.1 Å². The number of carbonyl (C=O) groups excluding carboxylic acids is 1. The molecule has 1 aromatic rings. The van der Waals surface area contributed by atoms with Gasteiger partial charge in [0, 0.05) is 18.1 Å². The molecule has 0 aromatic heterocycles. The highest BCUT2D eigenvalue weighted by Gasteiger charge is 2.25. The van der Waals surface area contributed by atoms with Crippen LogP contribution in [0.25, 0.3) is 0 Å². The van der Waals surface area contributed by atoms with Gasteiger partial charge in [-0.15, -0.1) is 0 Å². The zero-order chi connectivity index (χ0) is 15.7. The number of ether oxygens (including phenoxy) is 2. The fraction of sp³-hybridized carbons (Fsp3) is 0.176. The number of carboxylic acids is 1. The summed E-state index contributed by atoms with van der Waals surface area (Å²) in [6.45, 7) is 1.57. The first-order valence-electron chi connectivity index (χ1n) is 6.86. The van der Waals surface area contributed by atoms with E-state index in [2.05, 4.69) is 0 Å². The van der Waals surface area contributed by atoms with Crippen LogP contribution >= 0.6 is 0 Å². The molecule has 1 aliphatic heterocycles. The van der Waals surface area contributed by atoms with Crippen LogP contribution in [0.2, 0.25) is 0 Å². The Hall–Kier alpha value is -2.82. The number of fused-ring (bicyclic) bond motifs is 1. The zero-order valence-corrected chi connectivity index (χ0v) is 12.0. The summed E-state index contributed by atoms with van der Waals surface area (Å²) in [4.78, 5) is 23.2. The van der Waals surface area contributed by atoms with Crippen molar-refractivity contribution in [1.82, 2.24) is 0 Å². The van der Waals surface area contributed by atoms with Gasteiger partial charge in [0.2, 0.25) is 5.78 Å². The summed E-state index contributed by atoms with van der Waals surface area (Å²) in [6.07, 6.45) is 5.73. The second kappa shape index (κ2) is 5.52. The quantitative estimate of drug-likeness (QED) is 0.929. The lowest BCUT2D eigenvalue weighted by molar-refractivity contribution is -0.132. The van der Waals surface area contributed by atoms with Gasteiger partial charge in [-0.1, -0.05) is 12.1 Å². The molecule has 112 valence electrons. The Balaban J connectivity index is 1.92. The van der Waals surface area contributed by atoms with Crippen molar-refractivity contribution >= 4 is 11.8 Å². The van der Waals surface area contributed by atoms with Crippen LogP contribution < -0.4 is 9.47 Å². The number of rotatable bonds is 3. The van der Waals surface area contributed by atoms with Crippen LogP contribution in [0.3, 0.4) is 0 Å². The second-order valence-corrected chi connectivity index (χ2v) is 5.07. The number of aliphatic carboxylic acids is 1. The summed E-state index contributed by atoms with van der Waals surface area (Å²) >= 11 is 0. The third-order valence-corrected chi connectivity index (χ3v) is 3.61. The molecule has 0 unspecified atom stereocenters. The molecule has 1 aromatic carbocycles. The van der Waals surface area contributed by atoms with Gasteiger partial charge in [0.25, 0.3) is 0 Å². The molecule has 0 atom stereocenters. The average Bonchev–Trinajstić information content (AvgIpc) is 2.51. The smallest absolute Gasteiger partial charge is 0.335 e. The first-order valence-corrected chi connectivity index (χ1v) is 6.86. The molecule has 5 heteroatoms. The van der Waals surface area contributed by atoms with Gasteiger partial charge in [-0.05, 0) is 31.1 Å². The minimum Gasteiger partial charge on any atom is -0.478 e. The Morgan fingerprint density at radius 1 is 1.32 bits per heavy atom. The Morgan fingerprint density at radius 2 is 2.14 bits per heavy atom. The highest BCUT2D eigenvalue weighted by atomic mass is 16.5. The Labute approximate surface area is 127 Å². The van der Waals surface area contributed by atoms with Crippen molar-refractivity contribution in [1.29, 1.82) is 0 Å². The molecule has 3 rings (SSSR count). The maximum atomic E-state index is 12.0. The van der Waals surface area contributed by atoms with Crippen LogP contribution in [-0.2, 0) is 16.0 Å². The van der Waals surface area contributed by atoms with E-state index in [1.54, 1.807) is 25.3 Å². The predicted molar refractivity (Wildman–Crippen MR) is 78.6 cm³/mol. The minimum atomic E-state index is -1.06. The average molecular weight is 298 g/mol. The van der Waals surface area contributed by atoms with E-state index in [9.17, 15) is 9.59 Å². The van der Waals surface area contributed by atoms with Crippen molar-refractivity contribution in [2.75, 3.05) is 0 Å². The molecule has 0 spiro atoms. The molecule has 0 fully saturated rings. The molecule has 22 heavy (non-hydrogen) atoms. The molecule has 0 saturated heterocycles. The molecular weight excluding hydrogens is 284 g/mol. The highest BCUT2D eigenvalue weighted by molar-refractivity contribution is 6.03. The molecule has 1 heterocycles. The third-order valence-electron chi connectivity index (χ3n) is 3.61. The Morgan fingerprint density at radius 3 is 2.91 bits per heavy atom. The van der Waals surface area contributed by atoms with E-state index in [4.69, 9.17) is 14.6 Å². The lowest BCUT2D eigenvalue weighted by atomic mass is 9.96. The SMILES string of the molecule is CC1=C(Oc2ccc3c(c2)OC=CC3)C(=O)CC=C1C(=O)O. The lowest BCUT2D eigenvalue weighted by Gasteiger charge is -2.18. The number of carbonyl (C=O) groups is 2. The summed E-state index contributed by atoms with van der Waals surface area (Å²) in [7, 11) is 0. The second-order valence-electron chi connectivity index (χ2n) is 5.07. The lowest BCUT2D eigenvalue weighted by Crippen LogP contribution is -2.18. The van der Waals surface area contributed by atoms with Gasteiger partial charge < -0.3 is 14.6 Å².